The average molecular weight is 133 g/mol. The van der Waals surface area contributed by atoms with Gasteiger partial charge in [-0.15, -0.1) is 0 Å². The maximum Gasteiger partial charge on any atom is 0.125 e. The molecule has 0 aromatic carbocycles. The lowest BCUT2D eigenvalue weighted by Crippen LogP contribution is -2.16. The SMILES string of the molecule is C=C=NC(C=N)C1=C=NC1. The van der Waals surface area contributed by atoms with E-state index in [1.165, 1.54) is 6.21 Å². The molecular weight excluding hydrogens is 126 g/mol. The third-order valence-electron chi connectivity index (χ3n) is 1.22. The summed E-state index contributed by atoms with van der Waals surface area (Å²) in [6.45, 7) is 3.97. The molecule has 0 fully saturated rings. The van der Waals surface area contributed by atoms with E-state index in [1.807, 2.05) is 0 Å². The molecule has 10 heavy (non-hydrogen) atoms. The number of hydrogen-bond acceptors (Lipinski definition) is 3. The first-order valence-electron chi connectivity index (χ1n) is 2.89. The van der Waals surface area contributed by atoms with Crippen molar-refractivity contribution in [1.29, 1.82) is 5.41 Å². The van der Waals surface area contributed by atoms with Crippen LogP contribution in [0.1, 0.15) is 0 Å². The van der Waals surface area contributed by atoms with E-state index in [9.17, 15) is 0 Å². The highest BCUT2D eigenvalue weighted by Gasteiger charge is 2.12. The molecule has 0 amide bonds. The van der Waals surface area contributed by atoms with Crippen LogP contribution in [0.4, 0.5) is 0 Å². The van der Waals surface area contributed by atoms with Crippen molar-refractivity contribution in [2.75, 3.05) is 6.54 Å². The van der Waals surface area contributed by atoms with E-state index in [0.29, 0.717) is 6.54 Å². The van der Waals surface area contributed by atoms with Gasteiger partial charge in [-0.2, -0.15) is 0 Å². The van der Waals surface area contributed by atoms with E-state index < -0.39 is 0 Å². The summed E-state index contributed by atoms with van der Waals surface area (Å²) in [6, 6.07) is -0.227. The molecule has 0 bridgehead atoms. The molecule has 0 saturated heterocycles. The number of hydrogen-bond donors (Lipinski definition) is 1. The molecule has 1 aliphatic rings. The number of nitrogens with one attached hydrogen (secondary N) is 1. The standard InChI is InChI=1S/C7H7N3/c1-2-10-7(3-8)6-4-9-5-6/h3,7-8H,1,4H2. The summed E-state index contributed by atoms with van der Waals surface area (Å²) in [7, 11) is 0. The Morgan fingerprint density at radius 3 is 3.00 bits per heavy atom. The fourth-order valence-electron chi connectivity index (χ4n) is 0.644. The molecule has 3 heteroatoms. The second kappa shape index (κ2) is 2.92. The summed E-state index contributed by atoms with van der Waals surface area (Å²) in [6.07, 6.45) is 1.23. The zero-order chi connectivity index (χ0) is 7.40. The molecule has 1 heterocycles. The first-order valence-corrected chi connectivity index (χ1v) is 2.89. The number of aliphatic imine (C=N–C) groups is 2. The minimum absolute atomic E-state index is 0.227. The van der Waals surface area contributed by atoms with Gasteiger partial charge in [0.15, 0.2) is 0 Å². The Labute approximate surface area is 59.0 Å². The van der Waals surface area contributed by atoms with E-state index in [4.69, 9.17) is 5.41 Å². The van der Waals surface area contributed by atoms with Crippen LogP contribution in [0.15, 0.2) is 22.1 Å². The Morgan fingerprint density at radius 1 is 2.00 bits per heavy atom. The van der Waals surface area contributed by atoms with Crippen LogP contribution in [-0.2, 0) is 0 Å². The van der Waals surface area contributed by atoms with Gasteiger partial charge in [-0.3, -0.25) is 0 Å². The second-order valence-corrected chi connectivity index (χ2v) is 1.85. The highest BCUT2D eigenvalue weighted by molar-refractivity contribution is 5.79. The summed E-state index contributed by atoms with van der Waals surface area (Å²) in [4.78, 5) is 7.55. The first-order chi connectivity index (χ1) is 4.88. The van der Waals surface area contributed by atoms with Crippen LogP contribution in [0.25, 0.3) is 0 Å². The lowest BCUT2D eigenvalue weighted by atomic mass is 10.1. The highest BCUT2D eigenvalue weighted by Crippen LogP contribution is 2.05. The molecule has 0 saturated carbocycles. The van der Waals surface area contributed by atoms with Crippen LogP contribution in [0.3, 0.4) is 0 Å². The third-order valence-corrected chi connectivity index (χ3v) is 1.22. The van der Waals surface area contributed by atoms with Gasteiger partial charge >= 0.3 is 0 Å². The van der Waals surface area contributed by atoms with Gasteiger partial charge in [0, 0.05) is 11.8 Å². The van der Waals surface area contributed by atoms with E-state index >= 15 is 0 Å². The summed E-state index contributed by atoms with van der Waals surface area (Å²) >= 11 is 0. The molecule has 50 valence electrons. The summed E-state index contributed by atoms with van der Waals surface area (Å²) in [5.74, 6) is 5.10. The Balaban J connectivity index is 2.74. The van der Waals surface area contributed by atoms with Gasteiger partial charge in [-0.1, -0.05) is 0 Å². The van der Waals surface area contributed by atoms with Gasteiger partial charge in [0.1, 0.15) is 6.04 Å². The van der Waals surface area contributed by atoms with Crippen LogP contribution in [0.2, 0.25) is 0 Å². The molecule has 0 aromatic heterocycles. The Bertz CT molecular complexity index is 252. The zero-order valence-electron chi connectivity index (χ0n) is 5.46. The van der Waals surface area contributed by atoms with E-state index in [1.54, 1.807) is 0 Å². The Hall–Kier alpha value is -1.43. The third kappa shape index (κ3) is 1.11. The van der Waals surface area contributed by atoms with Crippen LogP contribution >= 0.6 is 0 Å². The lowest BCUT2D eigenvalue weighted by molar-refractivity contribution is 0.947. The normalized spacial score (nSPS) is 16.2. The number of nitrogens with zero attached hydrogens (tertiary/aromatic N) is 2. The minimum atomic E-state index is -0.227. The lowest BCUT2D eigenvalue weighted by Gasteiger charge is -2.08. The predicted molar refractivity (Wildman–Crippen MR) is 41.4 cm³/mol. The molecule has 1 unspecified atom stereocenters. The van der Waals surface area contributed by atoms with E-state index in [0.717, 1.165) is 5.57 Å². The smallest absolute Gasteiger partial charge is 0.125 e. The second-order valence-electron chi connectivity index (χ2n) is 1.85. The molecule has 1 N–H and O–H groups in total. The number of rotatable bonds is 3. The Kier molecular flexibility index (Phi) is 1.96. The average Bonchev–Trinajstić information content (AvgIpc) is 1.83. The maximum atomic E-state index is 6.94. The molecule has 0 radical (unpaired) electrons. The maximum absolute atomic E-state index is 6.94. The van der Waals surface area contributed by atoms with Crippen molar-refractivity contribution in [2.24, 2.45) is 9.98 Å². The van der Waals surface area contributed by atoms with Crippen molar-refractivity contribution in [1.82, 2.24) is 0 Å². The Morgan fingerprint density at radius 2 is 2.70 bits per heavy atom. The fourth-order valence-corrected chi connectivity index (χ4v) is 0.644. The summed E-state index contributed by atoms with van der Waals surface area (Å²) in [5.41, 5.74) is 0.936. The van der Waals surface area contributed by atoms with Crippen molar-refractivity contribution in [3.8, 4) is 0 Å². The van der Waals surface area contributed by atoms with Crippen molar-refractivity contribution < 1.29 is 0 Å². The van der Waals surface area contributed by atoms with Gasteiger partial charge in [0.05, 0.1) is 6.54 Å². The van der Waals surface area contributed by atoms with Gasteiger partial charge in [0.2, 0.25) is 0 Å². The van der Waals surface area contributed by atoms with Gasteiger partial charge in [-0.05, 0) is 18.3 Å². The molecule has 0 aromatic rings. The topological polar surface area (TPSA) is 48.6 Å². The van der Waals surface area contributed by atoms with Gasteiger partial charge in [0.25, 0.3) is 0 Å². The highest BCUT2D eigenvalue weighted by atomic mass is 14.8. The van der Waals surface area contributed by atoms with E-state index in [-0.39, 0.29) is 6.04 Å². The quantitative estimate of drug-likeness (QED) is 0.544. The van der Waals surface area contributed by atoms with Crippen molar-refractivity contribution >= 4 is 18.0 Å². The van der Waals surface area contributed by atoms with Gasteiger partial charge < -0.3 is 5.41 Å². The minimum Gasteiger partial charge on any atom is -0.310 e. The molecular formula is C7H7N3. The molecule has 1 atom stereocenters. The fraction of sp³-hybridized carbons (Fsp3) is 0.286. The molecule has 1 rings (SSSR count). The largest absolute Gasteiger partial charge is 0.310 e. The molecule has 0 aliphatic carbocycles. The van der Waals surface area contributed by atoms with Crippen molar-refractivity contribution in [2.45, 2.75) is 6.04 Å². The summed E-state index contributed by atoms with van der Waals surface area (Å²) < 4.78 is 0. The van der Waals surface area contributed by atoms with Crippen LogP contribution in [-0.4, -0.2) is 30.5 Å². The van der Waals surface area contributed by atoms with Gasteiger partial charge in [-0.25, -0.2) is 9.98 Å². The molecule has 0 spiro atoms. The summed E-state index contributed by atoms with van der Waals surface area (Å²) in [5, 5.41) is 6.94. The monoisotopic (exact) mass is 133 g/mol. The zero-order valence-corrected chi connectivity index (χ0v) is 5.46. The van der Waals surface area contributed by atoms with Crippen molar-refractivity contribution in [3.05, 3.63) is 12.2 Å². The molecule has 3 nitrogen and oxygen atoms in total. The van der Waals surface area contributed by atoms with Crippen LogP contribution < -0.4 is 0 Å². The van der Waals surface area contributed by atoms with Crippen LogP contribution in [0, 0.1) is 5.41 Å². The first kappa shape index (κ1) is 6.69. The predicted octanol–water partition coefficient (Wildman–Crippen LogP) is 0.470. The van der Waals surface area contributed by atoms with E-state index in [2.05, 4.69) is 28.3 Å². The van der Waals surface area contributed by atoms with Crippen LogP contribution in [0.5, 0.6) is 0 Å². The molecule has 1 aliphatic heterocycles. The van der Waals surface area contributed by atoms with Crippen molar-refractivity contribution in [3.63, 3.8) is 0 Å².